The third kappa shape index (κ3) is 3.80. The Morgan fingerprint density at radius 2 is 1.66 bits per heavy atom. The number of benzene rings is 2. The van der Waals surface area contributed by atoms with Gasteiger partial charge in [-0.25, -0.2) is 9.97 Å². The highest BCUT2D eigenvalue weighted by Gasteiger charge is 2.34. The Balaban J connectivity index is 1.64. The van der Waals surface area contributed by atoms with Gasteiger partial charge in [0, 0.05) is 37.1 Å². The molecule has 1 unspecified atom stereocenters. The molecule has 1 aliphatic rings. The summed E-state index contributed by atoms with van der Waals surface area (Å²) in [5, 5.41) is 11.3. The van der Waals surface area contributed by atoms with E-state index in [1.807, 2.05) is 61.5 Å². The van der Waals surface area contributed by atoms with E-state index in [2.05, 4.69) is 4.90 Å². The van der Waals surface area contributed by atoms with Crippen LogP contribution in [0.3, 0.4) is 0 Å². The van der Waals surface area contributed by atoms with Crippen LogP contribution in [0, 0.1) is 0 Å². The molecule has 0 bridgehead atoms. The monoisotopic (exact) mass is 390 g/mol. The summed E-state index contributed by atoms with van der Waals surface area (Å²) in [5.74, 6) is 1.40. The van der Waals surface area contributed by atoms with Crippen molar-refractivity contribution in [3.8, 4) is 11.4 Å². The second kappa shape index (κ2) is 7.79. The fourth-order valence-corrected chi connectivity index (χ4v) is 3.63. The van der Waals surface area contributed by atoms with E-state index >= 15 is 0 Å². The molecule has 2 aromatic carbocycles. The molecule has 1 atom stereocenters. The van der Waals surface area contributed by atoms with Crippen molar-refractivity contribution in [2.45, 2.75) is 25.9 Å². The molecule has 0 aliphatic carbocycles. The van der Waals surface area contributed by atoms with Crippen molar-refractivity contribution in [3.63, 3.8) is 0 Å². The zero-order valence-corrected chi connectivity index (χ0v) is 16.9. The highest BCUT2D eigenvalue weighted by molar-refractivity contribution is 5.91. The van der Waals surface area contributed by atoms with Crippen LogP contribution in [0.25, 0.3) is 22.3 Å². The smallest absolute Gasteiger partial charge is 0.254 e. The molecule has 4 rings (SSSR count). The minimum Gasteiger partial charge on any atom is -0.380 e. The van der Waals surface area contributed by atoms with Crippen molar-refractivity contribution in [2.75, 3.05) is 31.1 Å². The van der Waals surface area contributed by atoms with E-state index < -0.39 is 5.60 Å². The first-order valence-electron chi connectivity index (χ1n) is 10.1. The number of amides is 1. The Labute approximate surface area is 170 Å². The summed E-state index contributed by atoms with van der Waals surface area (Å²) >= 11 is 0. The van der Waals surface area contributed by atoms with Gasteiger partial charge in [0.25, 0.3) is 5.91 Å². The summed E-state index contributed by atoms with van der Waals surface area (Å²) in [6.07, 6.45) is 0.406. The van der Waals surface area contributed by atoms with Crippen LogP contribution < -0.4 is 4.90 Å². The molecule has 1 saturated heterocycles. The number of para-hydroxylation sites is 1. The number of piperazine rings is 1. The first-order valence-corrected chi connectivity index (χ1v) is 10.1. The third-order valence-corrected chi connectivity index (χ3v) is 5.63. The van der Waals surface area contributed by atoms with Crippen LogP contribution >= 0.6 is 0 Å². The normalized spacial score (nSPS) is 16.7. The lowest BCUT2D eigenvalue weighted by atomic mass is 10.0. The quantitative estimate of drug-likeness (QED) is 0.741. The third-order valence-electron chi connectivity index (χ3n) is 5.63. The van der Waals surface area contributed by atoms with Gasteiger partial charge >= 0.3 is 0 Å². The van der Waals surface area contributed by atoms with Crippen molar-refractivity contribution in [2.24, 2.45) is 0 Å². The highest BCUT2D eigenvalue weighted by Crippen LogP contribution is 2.28. The number of carbonyl (C=O) groups excluding carboxylic acids is 1. The van der Waals surface area contributed by atoms with Crippen molar-refractivity contribution >= 4 is 22.6 Å². The summed E-state index contributed by atoms with van der Waals surface area (Å²) in [4.78, 5) is 26.2. The molecule has 3 aromatic rings. The minimum absolute atomic E-state index is 0.197. The van der Waals surface area contributed by atoms with Gasteiger partial charge in [-0.15, -0.1) is 0 Å². The summed E-state index contributed by atoms with van der Waals surface area (Å²) in [5.41, 5.74) is 0.584. The van der Waals surface area contributed by atoms with Crippen LogP contribution in [0.1, 0.15) is 20.3 Å². The average Bonchev–Trinajstić information content (AvgIpc) is 2.78. The Kier molecular flexibility index (Phi) is 5.20. The predicted molar refractivity (Wildman–Crippen MR) is 115 cm³/mol. The van der Waals surface area contributed by atoms with Crippen LogP contribution in [-0.4, -0.2) is 57.7 Å². The summed E-state index contributed by atoms with van der Waals surface area (Å²) in [6, 6.07) is 18.0. The summed E-state index contributed by atoms with van der Waals surface area (Å²) < 4.78 is 0. The molecule has 1 aromatic heterocycles. The predicted octanol–water partition coefficient (Wildman–Crippen LogP) is 3.11. The fraction of sp³-hybridized carbons (Fsp3) is 0.348. The van der Waals surface area contributed by atoms with E-state index in [0.717, 1.165) is 22.3 Å². The number of anilines is 1. The zero-order chi connectivity index (χ0) is 20.4. The van der Waals surface area contributed by atoms with Crippen molar-refractivity contribution in [3.05, 3.63) is 54.6 Å². The van der Waals surface area contributed by atoms with Gasteiger partial charge in [0.15, 0.2) is 5.82 Å². The van der Waals surface area contributed by atoms with Gasteiger partial charge in [-0.3, -0.25) is 4.79 Å². The minimum atomic E-state index is -1.30. The molecular formula is C23H26N4O2. The Bertz CT molecular complexity index is 1010. The van der Waals surface area contributed by atoms with Gasteiger partial charge in [0.2, 0.25) is 0 Å². The molecule has 1 amide bonds. The topological polar surface area (TPSA) is 69.6 Å². The van der Waals surface area contributed by atoms with E-state index in [1.54, 1.807) is 11.8 Å². The molecule has 150 valence electrons. The van der Waals surface area contributed by atoms with Gasteiger partial charge in [0.1, 0.15) is 11.4 Å². The lowest BCUT2D eigenvalue weighted by molar-refractivity contribution is -0.150. The maximum absolute atomic E-state index is 12.6. The molecule has 1 N–H and O–H groups in total. The van der Waals surface area contributed by atoms with E-state index in [1.165, 1.54) is 0 Å². The van der Waals surface area contributed by atoms with Crippen molar-refractivity contribution < 1.29 is 9.90 Å². The lowest BCUT2D eigenvalue weighted by Crippen LogP contribution is -2.55. The first-order chi connectivity index (χ1) is 14.0. The second-order valence-corrected chi connectivity index (χ2v) is 7.66. The molecule has 2 heterocycles. The fourth-order valence-electron chi connectivity index (χ4n) is 3.63. The zero-order valence-electron chi connectivity index (χ0n) is 16.9. The van der Waals surface area contributed by atoms with Crippen LogP contribution in [0.15, 0.2) is 54.6 Å². The summed E-state index contributed by atoms with van der Waals surface area (Å²) in [7, 11) is 0. The lowest BCUT2D eigenvalue weighted by Gasteiger charge is -2.38. The van der Waals surface area contributed by atoms with Gasteiger partial charge in [-0.1, -0.05) is 49.4 Å². The molecule has 1 fully saturated rings. The number of fused-ring (bicyclic) bond motifs is 1. The molecule has 6 nitrogen and oxygen atoms in total. The number of aliphatic hydroxyl groups is 1. The Morgan fingerprint density at radius 1 is 1.00 bits per heavy atom. The van der Waals surface area contributed by atoms with Gasteiger partial charge in [-0.2, -0.15) is 0 Å². The van der Waals surface area contributed by atoms with Crippen LogP contribution in [0.2, 0.25) is 0 Å². The average molecular weight is 390 g/mol. The van der Waals surface area contributed by atoms with E-state index in [0.29, 0.717) is 38.4 Å². The van der Waals surface area contributed by atoms with E-state index in [4.69, 9.17) is 9.97 Å². The maximum Gasteiger partial charge on any atom is 0.254 e. The highest BCUT2D eigenvalue weighted by atomic mass is 16.3. The number of carbonyl (C=O) groups is 1. The van der Waals surface area contributed by atoms with Crippen LogP contribution in [-0.2, 0) is 4.79 Å². The molecule has 0 saturated carbocycles. The second-order valence-electron chi connectivity index (χ2n) is 7.66. The van der Waals surface area contributed by atoms with Crippen molar-refractivity contribution in [1.29, 1.82) is 0 Å². The number of hydrogen-bond donors (Lipinski definition) is 1. The van der Waals surface area contributed by atoms with Gasteiger partial charge in [0.05, 0.1) is 5.52 Å². The number of rotatable bonds is 4. The SMILES string of the molecule is CCC(C)(O)C(=O)N1CCN(c2nc(-c3ccccc3)nc3ccccc23)CC1. The first kappa shape index (κ1) is 19.3. The number of hydrogen-bond acceptors (Lipinski definition) is 5. The molecule has 1 aliphatic heterocycles. The van der Waals surface area contributed by atoms with Crippen molar-refractivity contribution in [1.82, 2.24) is 14.9 Å². The maximum atomic E-state index is 12.6. The van der Waals surface area contributed by atoms with Gasteiger partial charge < -0.3 is 14.9 Å². The molecular weight excluding hydrogens is 364 g/mol. The largest absolute Gasteiger partial charge is 0.380 e. The molecule has 0 radical (unpaired) electrons. The molecule has 6 heteroatoms. The van der Waals surface area contributed by atoms with Crippen LogP contribution in [0.4, 0.5) is 5.82 Å². The molecule has 0 spiro atoms. The summed E-state index contributed by atoms with van der Waals surface area (Å²) in [6.45, 7) is 5.88. The van der Waals surface area contributed by atoms with E-state index in [-0.39, 0.29) is 5.91 Å². The molecule has 29 heavy (non-hydrogen) atoms. The van der Waals surface area contributed by atoms with Gasteiger partial charge in [-0.05, 0) is 25.5 Å². The Morgan fingerprint density at radius 3 is 2.34 bits per heavy atom. The Hall–Kier alpha value is -2.99. The van der Waals surface area contributed by atoms with E-state index in [9.17, 15) is 9.90 Å². The van der Waals surface area contributed by atoms with Crippen LogP contribution in [0.5, 0.6) is 0 Å². The number of nitrogens with zero attached hydrogens (tertiary/aromatic N) is 4. The standard InChI is InChI=1S/C23H26N4O2/c1-3-23(2,29)22(28)27-15-13-26(14-16-27)21-18-11-7-8-12-19(18)24-20(25-21)17-9-5-4-6-10-17/h4-12,29H,3,13-16H2,1-2H3. The number of aromatic nitrogens is 2.